The zero-order valence-corrected chi connectivity index (χ0v) is 7.99. The van der Waals surface area contributed by atoms with Crippen LogP contribution in [0.2, 0.25) is 0 Å². The number of methoxy groups -OCH3 is 1. The highest BCUT2D eigenvalue weighted by molar-refractivity contribution is 5.89. The summed E-state index contributed by atoms with van der Waals surface area (Å²) in [5.74, 6) is 0.251. The summed E-state index contributed by atoms with van der Waals surface area (Å²) in [5.41, 5.74) is 5.79. The molecule has 0 fully saturated rings. The molecule has 1 rings (SSSR count). The molecule has 1 aromatic heterocycles. The molecule has 0 saturated carbocycles. The molecule has 0 spiro atoms. The number of aromatic nitrogens is 1. The van der Waals surface area contributed by atoms with Crippen LogP contribution in [0.5, 0.6) is 0 Å². The number of rotatable bonds is 4. The number of hydrogen-bond donors (Lipinski definition) is 2. The largest absolute Gasteiger partial charge is 0.465 e. The molecule has 76 valence electrons. The molecule has 5 nitrogen and oxygen atoms in total. The van der Waals surface area contributed by atoms with E-state index in [1.54, 1.807) is 18.3 Å². The number of nitrogens with zero attached hydrogens (tertiary/aromatic N) is 1. The number of nitrogens with two attached hydrogens (primary N) is 1. The quantitative estimate of drug-likeness (QED) is 0.673. The van der Waals surface area contributed by atoms with E-state index < -0.39 is 0 Å². The number of pyridine rings is 1. The van der Waals surface area contributed by atoms with E-state index in [0.29, 0.717) is 24.5 Å². The molecule has 0 aliphatic heterocycles. The van der Waals surface area contributed by atoms with E-state index in [0.717, 1.165) is 0 Å². The monoisotopic (exact) mass is 195 g/mol. The highest BCUT2D eigenvalue weighted by Gasteiger charge is 2.05. The van der Waals surface area contributed by atoms with Gasteiger partial charge in [0.1, 0.15) is 5.82 Å². The Balaban J connectivity index is 2.73. The van der Waals surface area contributed by atoms with Crippen LogP contribution in [0.15, 0.2) is 18.3 Å². The maximum atomic E-state index is 11.1. The lowest BCUT2D eigenvalue weighted by Crippen LogP contribution is -2.14. The molecule has 1 heterocycles. The van der Waals surface area contributed by atoms with Crippen molar-refractivity contribution in [3.05, 3.63) is 23.9 Å². The van der Waals surface area contributed by atoms with Crippen molar-refractivity contribution in [1.82, 2.24) is 4.98 Å². The number of esters is 1. The average Bonchev–Trinajstić information content (AvgIpc) is 2.25. The van der Waals surface area contributed by atoms with Gasteiger partial charge in [-0.2, -0.15) is 0 Å². The molecule has 0 atom stereocenters. The molecule has 5 heteroatoms. The summed E-state index contributed by atoms with van der Waals surface area (Å²) in [5, 5.41) is 2.97. The van der Waals surface area contributed by atoms with E-state index in [1.165, 1.54) is 7.11 Å². The summed E-state index contributed by atoms with van der Waals surface area (Å²) in [7, 11) is 1.34. The highest BCUT2D eigenvalue weighted by Crippen LogP contribution is 2.07. The van der Waals surface area contributed by atoms with Crippen LogP contribution in [0, 0.1) is 0 Å². The fourth-order valence-corrected chi connectivity index (χ4v) is 0.972. The Hall–Kier alpha value is -1.62. The van der Waals surface area contributed by atoms with Gasteiger partial charge in [-0.25, -0.2) is 9.78 Å². The van der Waals surface area contributed by atoms with Crippen molar-refractivity contribution >= 4 is 11.8 Å². The lowest BCUT2D eigenvalue weighted by atomic mass is 10.2. The third kappa shape index (κ3) is 2.70. The molecular formula is C9H13N3O2. The molecule has 0 aromatic carbocycles. The van der Waals surface area contributed by atoms with Gasteiger partial charge in [0, 0.05) is 19.3 Å². The van der Waals surface area contributed by atoms with Crippen LogP contribution in [0.1, 0.15) is 10.4 Å². The number of carbonyl (C=O) groups is 1. The SMILES string of the molecule is COC(=O)c1ccnc(NCCN)c1. The first-order valence-electron chi connectivity index (χ1n) is 4.26. The maximum Gasteiger partial charge on any atom is 0.338 e. The first-order valence-corrected chi connectivity index (χ1v) is 4.26. The van der Waals surface area contributed by atoms with Crippen molar-refractivity contribution in [2.45, 2.75) is 0 Å². The van der Waals surface area contributed by atoms with Crippen molar-refractivity contribution in [2.75, 3.05) is 25.5 Å². The van der Waals surface area contributed by atoms with E-state index in [1.807, 2.05) is 0 Å². The molecule has 0 saturated heterocycles. The van der Waals surface area contributed by atoms with Gasteiger partial charge >= 0.3 is 5.97 Å². The Labute approximate surface area is 82.3 Å². The summed E-state index contributed by atoms with van der Waals surface area (Å²) in [4.78, 5) is 15.2. The predicted molar refractivity (Wildman–Crippen MR) is 53.1 cm³/mol. The number of anilines is 1. The van der Waals surface area contributed by atoms with Gasteiger partial charge < -0.3 is 15.8 Å². The Morgan fingerprint density at radius 1 is 1.71 bits per heavy atom. The molecule has 1 aromatic rings. The molecule has 0 bridgehead atoms. The van der Waals surface area contributed by atoms with Crippen LogP contribution in [0.25, 0.3) is 0 Å². The van der Waals surface area contributed by atoms with Crippen LogP contribution < -0.4 is 11.1 Å². The lowest BCUT2D eigenvalue weighted by Gasteiger charge is -2.04. The summed E-state index contributed by atoms with van der Waals surface area (Å²) < 4.78 is 4.58. The summed E-state index contributed by atoms with van der Waals surface area (Å²) in [6.45, 7) is 1.14. The van der Waals surface area contributed by atoms with Crippen molar-refractivity contribution in [3.63, 3.8) is 0 Å². The third-order valence-corrected chi connectivity index (χ3v) is 1.63. The van der Waals surface area contributed by atoms with Gasteiger partial charge in [-0.15, -0.1) is 0 Å². The van der Waals surface area contributed by atoms with Crippen molar-refractivity contribution < 1.29 is 9.53 Å². The van der Waals surface area contributed by atoms with Crippen LogP contribution in [0.4, 0.5) is 5.82 Å². The fraction of sp³-hybridized carbons (Fsp3) is 0.333. The second-order valence-electron chi connectivity index (χ2n) is 2.64. The van der Waals surface area contributed by atoms with E-state index in [-0.39, 0.29) is 5.97 Å². The van der Waals surface area contributed by atoms with Crippen molar-refractivity contribution in [1.29, 1.82) is 0 Å². The van der Waals surface area contributed by atoms with Crippen molar-refractivity contribution in [3.8, 4) is 0 Å². The average molecular weight is 195 g/mol. The van der Waals surface area contributed by atoms with E-state index in [4.69, 9.17) is 5.73 Å². The second kappa shape index (κ2) is 5.18. The minimum absolute atomic E-state index is 0.372. The molecule has 0 aliphatic rings. The first kappa shape index (κ1) is 10.5. The zero-order chi connectivity index (χ0) is 10.4. The van der Waals surface area contributed by atoms with Crippen molar-refractivity contribution in [2.24, 2.45) is 5.73 Å². The van der Waals surface area contributed by atoms with Crippen LogP contribution >= 0.6 is 0 Å². The van der Waals surface area contributed by atoms with Gasteiger partial charge in [0.2, 0.25) is 0 Å². The van der Waals surface area contributed by atoms with Gasteiger partial charge in [-0.1, -0.05) is 0 Å². The number of hydrogen-bond acceptors (Lipinski definition) is 5. The summed E-state index contributed by atoms with van der Waals surface area (Å²) in [6.07, 6.45) is 1.55. The van der Waals surface area contributed by atoms with E-state index in [2.05, 4.69) is 15.0 Å². The molecule has 0 aliphatic carbocycles. The Bertz CT molecular complexity index is 315. The van der Waals surface area contributed by atoms with Gasteiger partial charge in [-0.3, -0.25) is 0 Å². The molecule has 0 amide bonds. The number of ether oxygens (including phenoxy) is 1. The zero-order valence-electron chi connectivity index (χ0n) is 7.99. The van der Waals surface area contributed by atoms with Crippen LogP contribution in [0.3, 0.4) is 0 Å². The summed E-state index contributed by atoms with van der Waals surface area (Å²) in [6, 6.07) is 3.22. The van der Waals surface area contributed by atoms with Gasteiger partial charge in [0.25, 0.3) is 0 Å². The first-order chi connectivity index (χ1) is 6.77. The number of nitrogens with one attached hydrogen (secondary N) is 1. The maximum absolute atomic E-state index is 11.1. The smallest absolute Gasteiger partial charge is 0.338 e. The molecule has 0 unspecified atom stereocenters. The Kier molecular flexibility index (Phi) is 3.87. The minimum Gasteiger partial charge on any atom is -0.465 e. The molecule has 14 heavy (non-hydrogen) atoms. The van der Waals surface area contributed by atoms with Gasteiger partial charge in [-0.05, 0) is 12.1 Å². The predicted octanol–water partition coefficient (Wildman–Crippen LogP) is 0.239. The minimum atomic E-state index is -0.372. The molecular weight excluding hydrogens is 182 g/mol. The Morgan fingerprint density at radius 2 is 2.50 bits per heavy atom. The lowest BCUT2D eigenvalue weighted by molar-refractivity contribution is 0.0600. The summed E-state index contributed by atoms with van der Waals surface area (Å²) >= 11 is 0. The van der Waals surface area contributed by atoms with Gasteiger partial charge in [0.15, 0.2) is 0 Å². The van der Waals surface area contributed by atoms with Crippen LogP contribution in [-0.2, 0) is 4.74 Å². The highest BCUT2D eigenvalue weighted by atomic mass is 16.5. The molecule has 0 radical (unpaired) electrons. The third-order valence-electron chi connectivity index (χ3n) is 1.63. The second-order valence-corrected chi connectivity index (χ2v) is 2.64. The molecule has 3 N–H and O–H groups in total. The topological polar surface area (TPSA) is 77.2 Å². The normalized spacial score (nSPS) is 9.57. The van der Waals surface area contributed by atoms with E-state index in [9.17, 15) is 4.79 Å². The fourth-order valence-electron chi connectivity index (χ4n) is 0.972. The Morgan fingerprint density at radius 3 is 3.14 bits per heavy atom. The number of carbonyl (C=O) groups excluding carboxylic acids is 1. The van der Waals surface area contributed by atoms with Gasteiger partial charge in [0.05, 0.1) is 12.7 Å². The van der Waals surface area contributed by atoms with E-state index >= 15 is 0 Å². The van der Waals surface area contributed by atoms with Crippen LogP contribution in [-0.4, -0.2) is 31.2 Å². The standard InChI is InChI=1S/C9H13N3O2/c1-14-9(13)7-2-4-11-8(6-7)12-5-3-10/h2,4,6H,3,5,10H2,1H3,(H,11,12).